The number of benzene rings is 2. The molecule has 35 heavy (non-hydrogen) atoms. The number of pyridine rings is 1. The lowest BCUT2D eigenvalue weighted by Gasteiger charge is -2.26. The summed E-state index contributed by atoms with van der Waals surface area (Å²) in [5.74, 6) is -0.330. The van der Waals surface area contributed by atoms with E-state index in [4.69, 9.17) is 4.74 Å². The summed E-state index contributed by atoms with van der Waals surface area (Å²) in [5.41, 5.74) is 3.61. The van der Waals surface area contributed by atoms with Gasteiger partial charge in [0.25, 0.3) is 0 Å². The van der Waals surface area contributed by atoms with E-state index in [0.29, 0.717) is 25.1 Å². The van der Waals surface area contributed by atoms with Gasteiger partial charge in [-0.2, -0.15) is 0 Å². The van der Waals surface area contributed by atoms with Gasteiger partial charge in [0.2, 0.25) is 11.8 Å². The third kappa shape index (κ3) is 3.50. The fraction of sp³-hybridized carbons (Fsp3) is 0.286. The van der Waals surface area contributed by atoms with Crippen molar-refractivity contribution in [2.45, 2.75) is 37.2 Å². The molecule has 1 spiro atoms. The summed E-state index contributed by atoms with van der Waals surface area (Å²) in [6, 6.07) is 18.9. The van der Waals surface area contributed by atoms with Crippen molar-refractivity contribution in [1.82, 2.24) is 9.88 Å². The van der Waals surface area contributed by atoms with Crippen LogP contribution in [0.3, 0.4) is 0 Å². The zero-order chi connectivity index (χ0) is 24.2. The van der Waals surface area contributed by atoms with Crippen LogP contribution in [-0.2, 0) is 25.3 Å². The molecule has 7 heteroatoms. The van der Waals surface area contributed by atoms with Crippen LogP contribution in [0.5, 0.6) is 0 Å². The fourth-order valence-electron chi connectivity index (χ4n) is 5.43. The summed E-state index contributed by atoms with van der Waals surface area (Å²) in [5, 5.41) is 2.76. The number of nitrogens with zero attached hydrogens (tertiary/aromatic N) is 2. The molecule has 1 atom stereocenters. The van der Waals surface area contributed by atoms with Crippen molar-refractivity contribution in [3.63, 3.8) is 0 Å². The normalized spacial score (nSPS) is 21.5. The Bertz CT molecular complexity index is 1350. The van der Waals surface area contributed by atoms with Crippen molar-refractivity contribution in [3.8, 4) is 11.3 Å². The van der Waals surface area contributed by atoms with Crippen molar-refractivity contribution >= 4 is 23.5 Å². The Morgan fingerprint density at radius 2 is 1.77 bits per heavy atom. The second kappa shape index (κ2) is 7.77. The molecular formula is C28H25N3O4. The molecule has 6 rings (SSSR count). The minimum absolute atomic E-state index is 0.0871. The Morgan fingerprint density at radius 3 is 2.46 bits per heavy atom. The monoisotopic (exact) mass is 467 g/mol. The maximum atomic E-state index is 13.7. The lowest BCUT2D eigenvalue weighted by molar-refractivity contribution is -0.134. The Hall–Kier alpha value is -4.00. The molecule has 2 aliphatic heterocycles. The van der Waals surface area contributed by atoms with E-state index in [0.717, 1.165) is 40.9 Å². The van der Waals surface area contributed by atoms with Gasteiger partial charge in [-0.15, -0.1) is 0 Å². The van der Waals surface area contributed by atoms with Crippen LogP contribution in [0.4, 0.5) is 5.69 Å². The fourth-order valence-corrected chi connectivity index (χ4v) is 5.43. The van der Waals surface area contributed by atoms with Crippen LogP contribution in [0.25, 0.3) is 11.3 Å². The Labute approximate surface area is 203 Å². The number of rotatable bonds is 4. The summed E-state index contributed by atoms with van der Waals surface area (Å²) < 4.78 is 5.83. The number of aromatic nitrogens is 1. The van der Waals surface area contributed by atoms with Gasteiger partial charge in [0.15, 0.2) is 5.60 Å². The minimum atomic E-state index is -0.731. The summed E-state index contributed by atoms with van der Waals surface area (Å²) in [4.78, 5) is 43.8. The van der Waals surface area contributed by atoms with Crippen LogP contribution >= 0.6 is 0 Å². The topological polar surface area (TPSA) is 88.6 Å². The molecule has 3 aliphatic rings. The van der Waals surface area contributed by atoms with Crippen LogP contribution in [0.2, 0.25) is 0 Å². The molecule has 0 radical (unpaired) electrons. The molecule has 176 valence electrons. The van der Waals surface area contributed by atoms with Gasteiger partial charge in [-0.1, -0.05) is 36.4 Å². The molecule has 1 saturated carbocycles. The van der Waals surface area contributed by atoms with Gasteiger partial charge in [0.1, 0.15) is 0 Å². The van der Waals surface area contributed by atoms with Gasteiger partial charge in [-0.25, -0.2) is 4.79 Å². The van der Waals surface area contributed by atoms with E-state index in [9.17, 15) is 14.4 Å². The minimum Gasteiger partial charge on any atom is -0.449 e. The molecule has 0 bridgehead atoms. The smallest absolute Gasteiger partial charge is 0.339 e. The quantitative estimate of drug-likeness (QED) is 0.585. The van der Waals surface area contributed by atoms with E-state index in [2.05, 4.69) is 10.3 Å². The predicted molar refractivity (Wildman–Crippen MR) is 130 cm³/mol. The number of amides is 2. The largest absolute Gasteiger partial charge is 0.449 e. The molecule has 2 fully saturated rings. The Balaban J connectivity index is 1.19. The number of hydrogen-bond donors (Lipinski definition) is 1. The summed E-state index contributed by atoms with van der Waals surface area (Å²) in [6.07, 6.45) is 4.00. The first-order valence-corrected chi connectivity index (χ1v) is 11.9. The van der Waals surface area contributed by atoms with Crippen LogP contribution in [0, 0.1) is 0 Å². The highest BCUT2D eigenvalue weighted by Gasteiger charge is 2.57. The van der Waals surface area contributed by atoms with Crippen LogP contribution in [-0.4, -0.2) is 40.8 Å². The van der Waals surface area contributed by atoms with E-state index in [-0.39, 0.29) is 17.8 Å². The number of ether oxygens (including phenoxy) is 1. The van der Waals surface area contributed by atoms with Crippen molar-refractivity contribution in [2.24, 2.45) is 0 Å². The van der Waals surface area contributed by atoms with Crippen LogP contribution in [0.1, 0.15) is 47.7 Å². The molecule has 1 N–H and O–H groups in total. The molecule has 2 aromatic carbocycles. The third-order valence-electron chi connectivity index (χ3n) is 7.42. The van der Waals surface area contributed by atoms with E-state index in [1.54, 1.807) is 12.3 Å². The van der Waals surface area contributed by atoms with Crippen molar-refractivity contribution in [3.05, 3.63) is 83.6 Å². The highest BCUT2D eigenvalue weighted by Crippen LogP contribution is 2.52. The SMILES string of the molecule is CC(=O)Nc1ccc(-c2ccc(C3(C(=O)N4CC[C@@]5(C4)OC(=O)c4ccccc45)CC3)cn2)cc1. The number of esters is 1. The molecule has 1 aliphatic carbocycles. The molecule has 1 saturated heterocycles. The Kier molecular flexibility index (Phi) is 4.78. The first-order chi connectivity index (χ1) is 16.9. The maximum Gasteiger partial charge on any atom is 0.339 e. The zero-order valence-electron chi connectivity index (χ0n) is 19.4. The van der Waals surface area contributed by atoms with Gasteiger partial charge in [-0.05, 0) is 42.7 Å². The van der Waals surface area contributed by atoms with Gasteiger partial charge in [0.05, 0.1) is 23.2 Å². The number of hydrogen-bond acceptors (Lipinski definition) is 5. The highest BCUT2D eigenvalue weighted by atomic mass is 16.6. The number of anilines is 1. The van der Waals surface area contributed by atoms with E-state index >= 15 is 0 Å². The molecule has 0 unspecified atom stereocenters. The van der Waals surface area contributed by atoms with Crippen LogP contribution < -0.4 is 5.32 Å². The summed E-state index contributed by atoms with van der Waals surface area (Å²) in [7, 11) is 0. The van der Waals surface area contributed by atoms with Crippen molar-refractivity contribution < 1.29 is 19.1 Å². The number of nitrogens with one attached hydrogen (secondary N) is 1. The van der Waals surface area contributed by atoms with Crippen molar-refractivity contribution in [1.29, 1.82) is 0 Å². The van der Waals surface area contributed by atoms with Gasteiger partial charge in [-0.3, -0.25) is 14.6 Å². The van der Waals surface area contributed by atoms with E-state index < -0.39 is 11.0 Å². The standard InChI is InChI=1S/C28H25N3O4/c1-18(32)30-21-9-6-19(7-10-21)24-11-8-20(16-29-24)27(12-13-27)26(34)31-15-14-28(17-31)23-5-3-2-4-22(23)25(33)35-28/h2-11,16H,12-15,17H2,1H3,(H,30,32)/t28-/m0/s1. The number of fused-ring (bicyclic) bond motifs is 2. The predicted octanol–water partition coefficient (Wildman–Crippen LogP) is 4.04. The van der Waals surface area contributed by atoms with E-state index in [1.807, 2.05) is 59.5 Å². The number of carbonyl (C=O) groups excluding carboxylic acids is 3. The average molecular weight is 468 g/mol. The summed E-state index contributed by atoms with van der Waals surface area (Å²) >= 11 is 0. The first kappa shape index (κ1) is 21.5. The van der Waals surface area contributed by atoms with Crippen LogP contribution in [0.15, 0.2) is 66.9 Å². The number of likely N-dealkylation sites (tertiary alicyclic amines) is 1. The number of carbonyl (C=O) groups is 3. The molecule has 7 nitrogen and oxygen atoms in total. The molecular weight excluding hydrogens is 442 g/mol. The van der Waals surface area contributed by atoms with Crippen molar-refractivity contribution in [2.75, 3.05) is 18.4 Å². The summed E-state index contributed by atoms with van der Waals surface area (Å²) in [6.45, 7) is 2.43. The average Bonchev–Trinajstić information content (AvgIpc) is 3.50. The van der Waals surface area contributed by atoms with Gasteiger partial charge >= 0.3 is 5.97 Å². The lowest BCUT2D eigenvalue weighted by atomic mass is 9.91. The molecule has 3 aromatic rings. The molecule has 2 amide bonds. The molecule has 1 aromatic heterocycles. The maximum absolute atomic E-state index is 13.7. The van der Waals surface area contributed by atoms with Gasteiger partial charge in [0, 0.05) is 42.9 Å². The first-order valence-electron chi connectivity index (χ1n) is 11.9. The third-order valence-corrected chi connectivity index (χ3v) is 7.42. The molecule has 3 heterocycles. The Morgan fingerprint density at radius 1 is 1.00 bits per heavy atom. The second-order valence-corrected chi connectivity index (χ2v) is 9.68. The van der Waals surface area contributed by atoms with Gasteiger partial charge < -0.3 is 15.0 Å². The zero-order valence-corrected chi connectivity index (χ0v) is 19.4. The lowest BCUT2D eigenvalue weighted by Crippen LogP contribution is -2.40. The van der Waals surface area contributed by atoms with E-state index in [1.165, 1.54) is 6.92 Å². The second-order valence-electron chi connectivity index (χ2n) is 9.68. The highest BCUT2D eigenvalue weighted by molar-refractivity contribution is 5.96.